The van der Waals surface area contributed by atoms with Crippen molar-refractivity contribution in [2.45, 2.75) is 37.4 Å². The number of carboxylic acid groups (broad SMARTS) is 2. The molecule has 0 radical (unpaired) electrons. The van der Waals surface area contributed by atoms with Crippen LogP contribution in [0.5, 0.6) is 0 Å². The molecule has 8 N–H and O–H groups in total. The highest BCUT2D eigenvalue weighted by atomic mass is 32.2. The summed E-state index contributed by atoms with van der Waals surface area (Å²) in [5.41, 5.74) is 5.75. The minimum Gasteiger partial charge on any atom is -0.481 e. The van der Waals surface area contributed by atoms with E-state index in [9.17, 15) is 24.0 Å². The van der Waals surface area contributed by atoms with Gasteiger partial charge in [0.05, 0.1) is 19.3 Å². The third kappa shape index (κ3) is 9.48. The Balaban J connectivity index is 3.00. The van der Waals surface area contributed by atoms with Crippen LogP contribution in [0.25, 0.3) is 0 Å². The van der Waals surface area contributed by atoms with E-state index in [-0.39, 0.29) is 19.4 Å². The number of thioether (sulfide) groups is 1. The molecule has 3 amide bonds. The van der Waals surface area contributed by atoms with E-state index in [1.54, 1.807) is 0 Å². The minimum atomic E-state index is -1.68. The van der Waals surface area contributed by atoms with Gasteiger partial charge in [-0.3, -0.25) is 19.2 Å². The zero-order valence-corrected chi connectivity index (χ0v) is 17.6. The molecule has 0 aliphatic heterocycles. The summed E-state index contributed by atoms with van der Waals surface area (Å²) in [4.78, 5) is 65.8. The van der Waals surface area contributed by atoms with Crippen LogP contribution >= 0.6 is 11.8 Å². The smallest absolute Gasteiger partial charge is 0.326 e. The SMILES string of the molecule is CSCCC(NC(=O)CN)C(=O)NC(Cc1cnc[nH]1)C(=O)NC(CC(=O)O)C(=O)O. The van der Waals surface area contributed by atoms with Crippen LogP contribution in [-0.4, -0.2) is 86.5 Å². The molecular formula is C17H26N6O7S. The second-order valence-electron chi connectivity index (χ2n) is 6.45. The number of carboxylic acids is 2. The lowest BCUT2D eigenvalue weighted by atomic mass is 10.1. The second-order valence-corrected chi connectivity index (χ2v) is 7.43. The van der Waals surface area contributed by atoms with Crippen LogP contribution in [0.3, 0.4) is 0 Å². The molecule has 13 nitrogen and oxygen atoms in total. The monoisotopic (exact) mass is 458 g/mol. The number of H-pyrrole nitrogens is 1. The number of rotatable bonds is 14. The van der Waals surface area contributed by atoms with Gasteiger partial charge in [0, 0.05) is 18.3 Å². The van der Waals surface area contributed by atoms with E-state index in [0.717, 1.165) is 0 Å². The number of carbonyl (C=O) groups is 5. The summed E-state index contributed by atoms with van der Waals surface area (Å²) in [7, 11) is 0. The summed E-state index contributed by atoms with van der Waals surface area (Å²) in [6.45, 7) is -0.323. The third-order valence-corrected chi connectivity index (χ3v) is 4.70. The Kier molecular flexibility index (Phi) is 11.1. The number of hydrogen-bond donors (Lipinski definition) is 7. The first kappa shape index (κ1) is 25.9. The van der Waals surface area contributed by atoms with Gasteiger partial charge >= 0.3 is 11.9 Å². The van der Waals surface area contributed by atoms with Crippen LogP contribution in [0.15, 0.2) is 12.5 Å². The molecule has 0 bridgehead atoms. The van der Waals surface area contributed by atoms with E-state index in [0.29, 0.717) is 11.4 Å². The highest BCUT2D eigenvalue weighted by Gasteiger charge is 2.30. The van der Waals surface area contributed by atoms with Gasteiger partial charge in [-0.15, -0.1) is 0 Å². The lowest BCUT2D eigenvalue weighted by Crippen LogP contribution is -2.57. The molecule has 172 valence electrons. The number of nitrogens with two attached hydrogens (primary N) is 1. The first-order valence-corrected chi connectivity index (χ1v) is 10.6. The summed E-state index contributed by atoms with van der Waals surface area (Å²) >= 11 is 1.45. The Hall–Kier alpha value is -3.13. The molecule has 1 aromatic heterocycles. The minimum absolute atomic E-state index is 0.0724. The van der Waals surface area contributed by atoms with E-state index in [1.165, 1.54) is 24.3 Å². The molecule has 0 aromatic carbocycles. The van der Waals surface area contributed by atoms with Crippen LogP contribution in [-0.2, 0) is 30.4 Å². The first-order valence-electron chi connectivity index (χ1n) is 9.18. The van der Waals surface area contributed by atoms with E-state index >= 15 is 0 Å². The average molecular weight is 458 g/mol. The maximum Gasteiger partial charge on any atom is 0.326 e. The fourth-order valence-electron chi connectivity index (χ4n) is 2.50. The van der Waals surface area contributed by atoms with Crippen LogP contribution in [0.2, 0.25) is 0 Å². The third-order valence-electron chi connectivity index (χ3n) is 4.05. The lowest BCUT2D eigenvalue weighted by Gasteiger charge is -2.24. The van der Waals surface area contributed by atoms with E-state index in [1.807, 2.05) is 6.26 Å². The number of aliphatic carboxylic acids is 2. The predicted octanol–water partition coefficient (Wildman–Crippen LogP) is -2.32. The van der Waals surface area contributed by atoms with Crippen molar-refractivity contribution in [2.75, 3.05) is 18.6 Å². The standard InChI is InChI=1S/C17H26N6O7S/c1-31-3-2-10(21-13(24)6-18)15(27)22-11(4-9-7-19-8-20-9)16(28)23-12(17(29)30)5-14(25)26/h7-8,10-12H,2-6,18H2,1H3,(H,19,20)(H,21,24)(H,22,27)(H,23,28)(H,25,26)(H,29,30). The normalized spacial score (nSPS) is 13.5. The number of hydrogen-bond acceptors (Lipinski definition) is 8. The van der Waals surface area contributed by atoms with Crippen LogP contribution in [0.4, 0.5) is 0 Å². The van der Waals surface area contributed by atoms with Crippen molar-refractivity contribution in [2.24, 2.45) is 5.73 Å². The molecule has 14 heteroatoms. The average Bonchev–Trinajstić information content (AvgIpc) is 3.22. The summed E-state index contributed by atoms with van der Waals surface area (Å²) in [6, 6.07) is -3.90. The number of amides is 3. The molecule has 3 atom stereocenters. The molecule has 3 unspecified atom stereocenters. The molecule has 0 spiro atoms. The lowest BCUT2D eigenvalue weighted by molar-refractivity contribution is -0.147. The van der Waals surface area contributed by atoms with E-state index in [2.05, 4.69) is 25.9 Å². The quantitative estimate of drug-likeness (QED) is 0.158. The highest BCUT2D eigenvalue weighted by Crippen LogP contribution is 2.05. The topological polar surface area (TPSA) is 217 Å². The molecule has 0 fully saturated rings. The van der Waals surface area contributed by atoms with Crippen molar-refractivity contribution in [3.63, 3.8) is 0 Å². The van der Waals surface area contributed by atoms with Crippen molar-refractivity contribution < 1.29 is 34.2 Å². The zero-order chi connectivity index (χ0) is 23.4. The Morgan fingerprint density at radius 1 is 1.10 bits per heavy atom. The summed E-state index contributed by atoms with van der Waals surface area (Å²) in [6.07, 6.45) is 3.96. The van der Waals surface area contributed by atoms with Gasteiger partial charge in [-0.05, 0) is 18.4 Å². The molecule has 0 aliphatic rings. The Labute approximate surface area is 181 Å². The largest absolute Gasteiger partial charge is 0.481 e. The number of aromatic amines is 1. The molecule has 31 heavy (non-hydrogen) atoms. The molecule has 1 heterocycles. The van der Waals surface area contributed by atoms with E-state index < -0.39 is 54.2 Å². The van der Waals surface area contributed by atoms with Gasteiger partial charge in [-0.2, -0.15) is 11.8 Å². The number of nitrogens with zero attached hydrogens (tertiary/aromatic N) is 1. The Morgan fingerprint density at radius 2 is 1.74 bits per heavy atom. The van der Waals surface area contributed by atoms with Gasteiger partial charge in [0.25, 0.3) is 0 Å². The Bertz CT molecular complexity index is 773. The van der Waals surface area contributed by atoms with Crippen LogP contribution in [0, 0.1) is 0 Å². The number of carbonyl (C=O) groups excluding carboxylic acids is 3. The van der Waals surface area contributed by atoms with Gasteiger partial charge in [0.15, 0.2) is 0 Å². The fraction of sp³-hybridized carbons (Fsp3) is 0.529. The van der Waals surface area contributed by atoms with Crippen molar-refractivity contribution in [3.05, 3.63) is 18.2 Å². The summed E-state index contributed by atoms with van der Waals surface area (Å²) < 4.78 is 0. The molecule has 0 aliphatic carbocycles. The summed E-state index contributed by atoms with van der Waals surface area (Å²) in [5.74, 6) is -4.52. The van der Waals surface area contributed by atoms with Gasteiger partial charge in [-0.25, -0.2) is 9.78 Å². The molecule has 1 rings (SSSR count). The molecule has 0 saturated heterocycles. The highest BCUT2D eigenvalue weighted by molar-refractivity contribution is 7.98. The van der Waals surface area contributed by atoms with Gasteiger partial charge in [0.1, 0.15) is 18.1 Å². The van der Waals surface area contributed by atoms with Crippen LogP contribution < -0.4 is 21.7 Å². The van der Waals surface area contributed by atoms with Crippen molar-refractivity contribution in [3.8, 4) is 0 Å². The summed E-state index contributed by atoms with van der Waals surface area (Å²) in [5, 5.41) is 25.1. The first-order chi connectivity index (χ1) is 14.7. The van der Waals surface area contributed by atoms with Crippen LogP contribution in [0.1, 0.15) is 18.5 Å². The maximum atomic E-state index is 12.7. The van der Waals surface area contributed by atoms with Crippen molar-refractivity contribution in [1.29, 1.82) is 0 Å². The molecule has 0 saturated carbocycles. The molecular weight excluding hydrogens is 432 g/mol. The van der Waals surface area contributed by atoms with Gasteiger partial charge in [0.2, 0.25) is 17.7 Å². The van der Waals surface area contributed by atoms with Crippen molar-refractivity contribution >= 4 is 41.4 Å². The van der Waals surface area contributed by atoms with Gasteiger partial charge in [-0.1, -0.05) is 0 Å². The number of imidazole rings is 1. The number of aromatic nitrogens is 2. The predicted molar refractivity (Wildman–Crippen MR) is 110 cm³/mol. The number of nitrogens with one attached hydrogen (secondary N) is 4. The maximum absolute atomic E-state index is 12.7. The Morgan fingerprint density at radius 3 is 2.26 bits per heavy atom. The zero-order valence-electron chi connectivity index (χ0n) is 16.8. The van der Waals surface area contributed by atoms with Gasteiger partial charge < -0.3 is 36.9 Å². The van der Waals surface area contributed by atoms with Crippen molar-refractivity contribution in [1.82, 2.24) is 25.9 Å². The molecule has 1 aromatic rings. The fourth-order valence-corrected chi connectivity index (χ4v) is 2.97. The second kappa shape index (κ2) is 13.2. The van der Waals surface area contributed by atoms with E-state index in [4.69, 9.17) is 15.9 Å².